The monoisotopic (exact) mass is 442 g/mol. The highest BCUT2D eigenvalue weighted by Gasteiger charge is 2.34. The van der Waals surface area contributed by atoms with Gasteiger partial charge in [-0.25, -0.2) is 8.42 Å². The number of carbonyl (C=O) groups is 1. The van der Waals surface area contributed by atoms with E-state index in [1.165, 1.54) is 28.6 Å². The molecule has 162 valence electrons. The molecule has 0 aromatic heterocycles. The van der Waals surface area contributed by atoms with Crippen LogP contribution in [0.5, 0.6) is 5.75 Å². The maximum atomic E-state index is 13.0. The van der Waals surface area contributed by atoms with Crippen LogP contribution in [0.3, 0.4) is 0 Å². The zero-order chi connectivity index (χ0) is 21.8. The lowest BCUT2D eigenvalue weighted by molar-refractivity contribution is -0.139. The number of ether oxygens (including phenoxy) is 1. The summed E-state index contributed by atoms with van der Waals surface area (Å²) in [7, 11) is -3.80. The number of hydrogen-bond donors (Lipinski definition) is 1. The van der Waals surface area contributed by atoms with Gasteiger partial charge in [0.15, 0.2) is 6.61 Å². The Morgan fingerprint density at radius 1 is 1.00 bits per heavy atom. The van der Waals surface area contributed by atoms with Gasteiger partial charge in [-0.15, -0.1) is 0 Å². The molecule has 0 radical (unpaired) electrons. The van der Waals surface area contributed by atoms with Crippen LogP contribution in [0.25, 0.3) is 0 Å². The molecule has 1 N–H and O–H groups in total. The van der Waals surface area contributed by atoms with Crippen molar-refractivity contribution in [3.05, 3.63) is 54.1 Å². The predicted molar refractivity (Wildman–Crippen MR) is 105 cm³/mol. The first kappa shape index (κ1) is 22.1. The fourth-order valence-corrected chi connectivity index (χ4v) is 4.86. The van der Waals surface area contributed by atoms with Gasteiger partial charge < -0.3 is 10.1 Å². The molecule has 0 aliphatic carbocycles. The summed E-state index contributed by atoms with van der Waals surface area (Å²) < 4.78 is 71.4. The van der Waals surface area contributed by atoms with Crippen LogP contribution >= 0.6 is 0 Å². The Hall–Kier alpha value is -2.59. The van der Waals surface area contributed by atoms with Crippen LogP contribution in [0, 0.1) is 0 Å². The first-order chi connectivity index (χ1) is 14.2. The average Bonchev–Trinajstić information content (AvgIpc) is 2.73. The number of carbonyl (C=O) groups excluding carboxylic acids is 1. The van der Waals surface area contributed by atoms with Crippen LogP contribution in [0.4, 0.5) is 18.9 Å². The molecule has 1 aliphatic heterocycles. The zero-order valence-corrected chi connectivity index (χ0v) is 16.8. The lowest BCUT2D eigenvalue weighted by atomic mass is 10.2. The van der Waals surface area contributed by atoms with E-state index in [-0.39, 0.29) is 10.6 Å². The molecule has 0 saturated carbocycles. The number of nitrogens with one attached hydrogen (secondary N) is 1. The fraction of sp³-hybridized carbons (Fsp3) is 0.350. The molecule has 3 rings (SSSR count). The third kappa shape index (κ3) is 5.11. The molecule has 0 atom stereocenters. The summed E-state index contributed by atoms with van der Waals surface area (Å²) in [5, 5.41) is 2.43. The number of amides is 1. The second kappa shape index (κ2) is 9.05. The number of benzene rings is 2. The number of nitrogens with zero attached hydrogens (tertiary/aromatic N) is 1. The molecule has 2 aromatic rings. The van der Waals surface area contributed by atoms with Crippen LogP contribution in [0.15, 0.2) is 53.4 Å². The number of para-hydroxylation sites is 2. The standard InChI is InChI=1S/C20H21F3N2O4S/c21-20(22,23)15-8-2-4-10-17(15)29-14-19(26)24-16-9-3-5-11-18(16)30(27,28)25-12-6-1-7-13-25/h2-5,8-11H,1,6-7,12-14H2,(H,24,26). The zero-order valence-electron chi connectivity index (χ0n) is 16.0. The van der Waals surface area contributed by atoms with E-state index in [1.807, 2.05) is 0 Å². The third-order valence-corrected chi connectivity index (χ3v) is 6.60. The van der Waals surface area contributed by atoms with Crippen molar-refractivity contribution < 1.29 is 31.1 Å². The highest BCUT2D eigenvalue weighted by molar-refractivity contribution is 7.89. The lowest BCUT2D eigenvalue weighted by Crippen LogP contribution is -2.36. The van der Waals surface area contributed by atoms with Gasteiger partial charge in [-0.1, -0.05) is 30.7 Å². The van der Waals surface area contributed by atoms with Crippen LogP contribution in [0.2, 0.25) is 0 Å². The summed E-state index contributed by atoms with van der Waals surface area (Å²) in [4.78, 5) is 12.2. The third-order valence-electron chi connectivity index (χ3n) is 4.65. The van der Waals surface area contributed by atoms with E-state index in [9.17, 15) is 26.4 Å². The summed E-state index contributed by atoms with van der Waals surface area (Å²) in [6.07, 6.45) is -2.14. The minimum absolute atomic E-state index is 0.0563. The SMILES string of the molecule is O=C(COc1ccccc1C(F)(F)F)Nc1ccccc1S(=O)(=O)N1CCCCC1. The number of sulfonamides is 1. The highest BCUT2D eigenvalue weighted by Crippen LogP contribution is 2.36. The molecule has 10 heteroatoms. The molecule has 0 unspecified atom stereocenters. The van der Waals surface area contributed by atoms with Gasteiger partial charge in [0.2, 0.25) is 10.0 Å². The van der Waals surface area contributed by atoms with Gasteiger partial charge in [0.1, 0.15) is 10.6 Å². The molecular weight excluding hydrogens is 421 g/mol. The Morgan fingerprint density at radius 2 is 1.63 bits per heavy atom. The summed E-state index contributed by atoms with van der Waals surface area (Å²) in [5.74, 6) is -1.25. The van der Waals surface area contributed by atoms with Crippen LogP contribution in [-0.4, -0.2) is 38.3 Å². The molecule has 1 aliphatic rings. The number of anilines is 1. The van der Waals surface area contributed by atoms with Gasteiger partial charge in [-0.05, 0) is 37.1 Å². The van der Waals surface area contributed by atoms with Crippen LogP contribution < -0.4 is 10.1 Å². The van der Waals surface area contributed by atoms with Crippen molar-refractivity contribution in [2.24, 2.45) is 0 Å². The van der Waals surface area contributed by atoms with Crippen molar-refractivity contribution in [1.82, 2.24) is 4.31 Å². The van der Waals surface area contributed by atoms with Crippen LogP contribution in [0.1, 0.15) is 24.8 Å². The Labute approximate surface area is 172 Å². The minimum atomic E-state index is -4.62. The lowest BCUT2D eigenvalue weighted by Gasteiger charge is -2.26. The fourth-order valence-electron chi connectivity index (χ4n) is 3.20. The maximum absolute atomic E-state index is 13.0. The van der Waals surface area contributed by atoms with Gasteiger partial charge >= 0.3 is 6.18 Å². The highest BCUT2D eigenvalue weighted by atomic mass is 32.2. The van der Waals surface area contributed by atoms with E-state index in [2.05, 4.69) is 5.32 Å². The van der Waals surface area contributed by atoms with Crippen molar-refractivity contribution in [3.8, 4) is 5.75 Å². The molecule has 1 heterocycles. The Kier molecular flexibility index (Phi) is 6.67. The smallest absolute Gasteiger partial charge is 0.419 e. The van der Waals surface area contributed by atoms with Crippen molar-refractivity contribution in [1.29, 1.82) is 0 Å². The van der Waals surface area contributed by atoms with Gasteiger partial charge in [0, 0.05) is 13.1 Å². The number of alkyl halides is 3. The Bertz CT molecular complexity index is 1000. The van der Waals surface area contributed by atoms with E-state index < -0.39 is 40.0 Å². The Balaban J connectivity index is 1.73. The average molecular weight is 442 g/mol. The molecule has 6 nitrogen and oxygen atoms in total. The van der Waals surface area contributed by atoms with E-state index in [1.54, 1.807) is 12.1 Å². The normalized spacial score (nSPS) is 15.6. The largest absolute Gasteiger partial charge is 0.483 e. The Morgan fingerprint density at radius 3 is 2.33 bits per heavy atom. The van der Waals surface area contributed by atoms with Crippen LogP contribution in [-0.2, 0) is 21.0 Å². The first-order valence-corrected chi connectivity index (χ1v) is 10.8. The number of piperidine rings is 1. The molecular formula is C20H21F3N2O4S. The molecule has 30 heavy (non-hydrogen) atoms. The van der Waals surface area contributed by atoms with Gasteiger partial charge in [-0.3, -0.25) is 4.79 Å². The molecule has 1 fully saturated rings. The number of rotatable bonds is 6. The predicted octanol–water partition coefficient (Wildman–Crippen LogP) is 3.90. The molecule has 0 spiro atoms. The quantitative estimate of drug-likeness (QED) is 0.736. The van der Waals surface area contributed by atoms with Crippen molar-refractivity contribution in [2.45, 2.75) is 30.3 Å². The summed E-state index contributed by atoms with van der Waals surface area (Å²) >= 11 is 0. The second-order valence-corrected chi connectivity index (χ2v) is 8.70. The first-order valence-electron chi connectivity index (χ1n) is 9.37. The summed E-state index contributed by atoms with van der Waals surface area (Å²) in [5.41, 5.74) is -0.938. The van der Waals surface area contributed by atoms with E-state index in [4.69, 9.17) is 4.74 Å². The summed E-state index contributed by atoms with van der Waals surface area (Å²) in [6.45, 7) is 0.106. The van der Waals surface area contributed by atoms with Crippen molar-refractivity contribution in [2.75, 3.05) is 25.0 Å². The topological polar surface area (TPSA) is 75.7 Å². The van der Waals surface area contributed by atoms with Gasteiger partial charge in [0.05, 0.1) is 11.3 Å². The van der Waals surface area contributed by atoms with E-state index in [0.717, 1.165) is 31.4 Å². The second-order valence-electron chi connectivity index (χ2n) is 6.79. The van der Waals surface area contributed by atoms with Crippen molar-refractivity contribution in [3.63, 3.8) is 0 Å². The van der Waals surface area contributed by atoms with E-state index in [0.29, 0.717) is 13.1 Å². The minimum Gasteiger partial charge on any atom is -0.483 e. The summed E-state index contributed by atoms with van der Waals surface area (Å²) in [6, 6.07) is 10.5. The molecule has 1 saturated heterocycles. The molecule has 2 aromatic carbocycles. The number of halogens is 3. The van der Waals surface area contributed by atoms with Gasteiger partial charge in [-0.2, -0.15) is 17.5 Å². The van der Waals surface area contributed by atoms with E-state index >= 15 is 0 Å². The maximum Gasteiger partial charge on any atom is 0.419 e. The molecule has 1 amide bonds. The number of hydrogen-bond acceptors (Lipinski definition) is 4. The van der Waals surface area contributed by atoms with Crippen molar-refractivity contribution >= 4 is 21.6 Å². The molecule has 0 bridgehead atoms. The van der Waals surface area contributed by atoms with Gasteiger partial charge in [0.25, 0.3) is 5.91 Å².